The molecule has 1 aliphatic carbocycles. The molecule has 0 radical (unpaired) electrons. The van der Waals surface area contributed by atoms with Gasteiger partial charge in [0.05, 0.1) is 12.5 Å². The molecule has 0 spiro atoms. The summed E-state index contributed by atoms with van der Waals surface area (Å²) in [5.74, 6) is -2.36. The summed E-state index contributed by atoms with van der Waals surface area (Å²) >= 11 is 0. The number of hydrogen-bond donors (Lipinski definition) is 2. The van der Waals surface area contributed by atoms with Crippen molar-refractivity contribution < 1.29 is 23.9 Å². The molecule has 3 rings (SSSR count). The van der Waals surface area contributed by atoms with Crippen molar-refractivity contribution in [1.29, 1.82) is 0 Å². The summed E-state index contributed by atoms with van der Waals surface area (Å²) < 4.78 is 13.1. The van der Waals surface area contributed by atoms with Gasteiger partial charge < -0.3 is 15.3 Å². The zero-order valence-electron chi connectivity index (χ0n) is 13.1. The lowest BCUT2D eigenvalue weighted by Gasteiger charge is -2.16. The summed E-state index contributed by atoms with van der Waals surface area (Å²) in [6, 6.07) is 5.21. The van der Waals surface area contributed by atoms with Crippen LogP contribution in [-0.4, -0.2) is 47.4 Å². The molecule has 1 saturated heterocycles. The van der Waals surface area contributed by atoms with Gasteiger partial charge in [0.25, 0.3) is 5.91 Å². The third-order valence-corrected chi connectivity index (χ3v) is 4.75. The number of carbonyl (C=O) groups excluding carboxylic acids is 2. The number of benzene rings is 1. The van der Waals surface area contributed by atoms with Gasteiger partial charge in [-0.2, -0.15) is 0 Å². The summed E-state index contributed by atoms with van der Waals surface area (Å²) in [6.07, 6.45) is 2.04. The third-order valence-electron chi connectivity index (χ3n) is 4.75. The molecule has 2 fully saturated rings. The highest BCUT2D eigenvalue weighted by Gasteiger charge is 2.46. The topological polar surface area (TPSA) is 86.7 Å². The van der Waals surface area contributed by atoms with E-state index in [2.05, 4.69) is 5.32 Å². The lowest BCUT2D eigenvalue weighted by atomic mass is 9.92. The van der Waals surface area contributed by atoms with Gasteiger partial charge in [-0.3, -0.25) is 14.4 Å². The van der Waals surface area contributed by atoms with Crippen LogP contribution >= 0.6 is 0 Å². The molecule has 0 unspecified atom stereocenters. The minimum absolute atomic E-state index is 0.00497. The summed E-state index contributed by atoms with van der Waals surface area (Å²) in [7, 11) is 0. The van der Waals surface area contributed by atoms with E-state index in [0.717, 1.165) is 18.9 Å². The number of carboxylic acids is 1. The molecule has 1 aliphatic heterocycles. The van der Waals surface area contributed by atoms with Crippen LogP contribution in [0.4, 0.5) is 4.39 Å². The van der Waals surface area contributed by atoms with E-state index in [4.69, 9.17) is 0 Å². The van der Waals surface area contributed by atoms with Gasteiger partial charge >= 0.3 is 5.97 Å². The molecular weight excluding hydrogens is 315 g/mol. The van der Waals surface area contributed by atoms with Crippen molar-refractivity contribution in [3.8, 4) is 0 Å². The SMILES string of the molecule is O=C(NCC(=O)N1C[C@H](C(=O)O)[C@@H](C2CC2)C1)c1cccc(F)c1. The number of rotatable bonds is 5. The fraction of sp³-hybridized carbons (Fsp3) is 0.471. The molecule has 1 aromatic carbocycles. The largest absolute Gasteiger partial charge is 0.481 e. The predicted octanol–water partition coefficient (Wildman–Crippen LogP) is 1.12. The molecule has 24 heavy (non-hydrogen) atoms. The first-order valence-electron chi connectivity index (χ1n) is 8.00. The van der Waals surface area contributed by atoms with Crippen molar-refractivity contribution in [2.24, 2.45) is 17.8 Å². The van der Waals surface area contributed by atoms with E-state index in [1.807, 2.05) is 0 Å². The maximum Gasteiger partial charge on any atom is 0.308 e. The van der Waals surface area contributed by atoms with Crippen LogP contribution in [-0.2, 0) is 9.59 Å². The predicted molar refractivity (Wildman–Crippen MR) is 82.7 cm³/mol. The number of nitrogens with zero attached hydrogens (tertiary/aromatic N) is 1. The van der Waals surface area contributed by atoms with E-state index in [0.29, 0.717) is 12.5 Å². The van der Waals surface area contributed by atoms with Gasteiger partial charge in [-0.25, -0.2) is 4.39 Å². The quantitative estimate of drug-likeness (QED) is 0.845. The molecule has 2 N–H and O–H groups in total. The Balaban J connectivity index is 1.55. The van der Waals surface area contributed by atoms with Gasteiger partial charge in [0.2, 0.25) is 5.91 Å². The van der Waals surface area contributed by atoms with E-state index in [9.17, 15) is 23.9 Å². The average Bonchev–Trinajstić information content (AvgIpc) is 3.30. The van der Waals surface area contributed by atoms with Crippen LogP contribution < -0.4 is 5.32 Å². The van der Waals surface area contributed by atoms with Gasteiger partial charge in [0, 0.05) is 18.7 Å². The van der Waals surface area contributed by atoms with Crippen LogP contribution in [0, 0.1) is 23.6 Å². The van der Waals surface area contributed by atoms with Crippen LogP contribution in [0.1, 0.15) is 23.2 Å². The van der Waals surface area contributed by atoms with Crippen molar-refractivity contribution in [1.82, 2.24) is 10.2 Å². The lowest BCUT2D eigenvalue weighted by molar-refractivity contribution is -0.142. The molecular formula is C17H19FN2O4. The van der Waals surface area contributed by atoms with Crippen LogP contribution in [0.2, 0.25) is 0 Å². The first-order chi connectivity index (χ1) is 11.5. The molecule has 0 aromatic heterocycles. The number of hydrogen-bond acceptors (Lipinski definition) is 3. The number of nitrogens with one attached hydrogen (secondary N) is 1. The van der Waals surface area contributed by atoms with E-state index in [-0.39, 0.29) is 30.5 Å². The Labute approximate surface area is 138 Å². The molecule has 0 bridgehead atoms. The second-order valence-corrected chi connectivity index (χ2v) is 6.44. The number of aliphatic carboxylic acids is 1. The maximum atomic E-state index is 13.1. The average molecular weight is 334 g/mol. The highest BCUT2D eigenvalue weighted by molar-refractivity contribution is 5.96. The Morgan fingerprint density at radius 1 is 1.25 bits per heavy atom. The number of halogens is 1. The van der Waals surface area contributed by atoms with Gasteiger partial charge in [0.1, 0.15) is 5.82 Å². The maximum absolute atomic E-state index is 13.1. The Bertz CT molecular complexity index is 674. The normalized spacial score (nSPS) is 23.1. The Kier molecular flexibility index (Phi) is 4.51. The molecule has 2 aliphatic rings. The first kappa shape index (κ1) is 16.4. The minimum atomic E-state index is -0.869. The Morgan fingerprint density at radius 2 is 2.00 bits per heavy atom. The molecule has 1 heterocycles. The lowest BCUT2D eigenvalue weighted by Crippen LogP contribution is -2.39. The zero-order chi connectivity index (χ0) is 17.3. The van der Waals surface area contributed by atoms with Crippen LogP contribution in [0.25, 0.3) is 0 Å². The Hall–Kier alpha value is -2.44. The van der Waals surface area contributed by atoms with Crippen molar-refractivity contribution in [3.63, 3.8) is 0 Å². The monoisotopic (exact) mass is 334 g/mol. The molecule has 2 atom stereocenters. The van der Waals surface area contributed by atoms with Crippen LogP contribution in [0.5, 0.6) is 0 Å². The first-order valence-corrected chi connectivity index (χ1v) is 8.00. The molecule has 128 valence electrons. The minimum Gasteiger partial charge on any atom is -0.481 e. The van der Waals surface area contributed by atoms with E-state index < -0.39 is 23.6 Å². The number of likely N-dealkylation sites (tertiary alicyclic amines) is 1. The van der Waals surface area contributed by atoms with Gasteiger partial charge in [-0.1, -0.05) is 6.07 Å². The van der Waals surface area contributed by atoms with E-state index in [1.165, 1.54) is 23.1 Å². The van der Waals surface area contributed by atoms with E-state index in [1.54, 1.807) is 0 Å². The van der Waals surface area contributed by atoms with Crippen LogP contribution in [0.3, 0.4) is 0 Å². The van der Waals surface area contributed by atoms with Crippen LogP contribution in [0.15, 0.2) is 24.3 Å². The second-order valence-electron chi connectivity index (χ2n) is 6.44. The summed E-state index contributed by atoms with van der Waals surface area (Å²) in [4.78, 5) is 37.0. The summed E-state index contributed by atoms with van der Waals surface area (Å²) in [5.41, 5.74) is 0.142. The third kappa shape index (κ3) is 3.55. The fourth-order valence-corrected chi connectivity index (χ4v) is 3.30. The summed E-state index contributed by atoms with van der Waals surface area (Å²) in [6.45, 7) is 0.389. The number of amides is 2. The molecule has 6 nitrogen and oxygen atoms in total. The van der Waals surface area contributed by atoms with Gasteiger partial charge in [-0.15, -0.1) is 0 Å². The molecule has 1 aromatic rings. The smallest absolute Gasteiger partial charge is 0.308 e. The standard InChI is InChI=1S/C17H19FN2O4/c18-12-3-1-2-11(6-12)16(22)19-7-15(21)20-8-13(10-4-5-10)14(9-20)17(23)24/h1-3,6,10,13-14H,4-5,7-9H2,(H,19,22)(H,23,24)/t13-,14+/m1/s1. The number of carboxylic acid groups (broad SMARTS) is 1. The van der Waals surface area contributed by atoms with Crippen molar-refractivity contribution in [2.75, 3.05) is 19.6 Å². The molecule has 2 amide bonds. The van der Waals surface area contributed by atoms with Crippen molar-refractivity contribution >= 4 is 17.8 Å². The highest BCUT2D eigenvalue weighted by atomic mass is 19.1. The molecule has 7 heteroatoms. The fourth-order valence-electron chi connectivity index (χ4n) is 3.30. The van der Waals surface area contributed by atoms with E-state index >= 15 is 0 Å². The summed E-state index contributed by atoms with van der Waals surface area (Å²) in [5, 5.41) is 11.8. The molecule has 1 saturated carbocycles. The van der Waals surface area contributed by atoms with Gasteiger partial charge in [0.15, 0.2) is 0 Å². The zero-order valence-corrected chi connectivity index (χ0v) is 13.1. The van der Waals surface area contributed by atoms with Gasteiger partial charge in [-0.05, 0) is 42.9 Å². The Morgan fingerprint density at radius 3 is 2.62 bits per heavy atom. The second kappa shape index (κ2) is 6.59. The van der Waals surface area contributed by atoms with Crippen molar-refractivity contribution in [2.45, 2.75) is 12.8 Å². The number of carbonyl (C=O) groups is 3. The highest BCUT2D eigenvalue weighted by Crippen LogP contribution is 2.44. The van der Waals surface area contributed by atoms with Crippen molar-refractivity contribution in [3.05, 3.63) is 35.6 Å².